The minimum absolute atomic E-state index is 0.0113. The van der Waals surface area contributed by atoms with Gasteiger partial charge in [-0.15, -0.1) is 0 Å². The molecule has 1 atom stereocenters. The van der Waals surface area contributed by atoms with Gasteiger partial charge in [-0.1, -0.05) is 18.2 Å². The molecule has 0 amide bonds. The molecule has 3 aromatic rings. The number of alkyl halides is 2. The average Bonchev–Trinajstić information content (AvgIpc) is 2.98. The van der Waals surface area contributed by atoms with Crippen molar-refractivity contribution in [1.82, 2.24) is 19.5 Å². The highest BCUT2D eigenvalue weighted by atomic mass is 31.2. The van der Waals surface area contributed by atoms with Crippen LogP contribution in [0.3, 0.4) is 0 Å². The van der Waals surface area contributed by atoms with E-state index in [1.54, 1.807) is 12.1 Å². The van der Waals surface area contributed by atoms with E-state index in [4.69, 9.17) is 20.3 Å². The van der Waals surface area contributed by atoms with Gasteiger partial charge >= 0.3 is 13.3 Å². The van der Waals surface area contributed by atoms with Crippen LogP contribution >= 0.6 is 7.60 Å². The fourth-order valence-electron chi connectivity index (χ4n) is 2.52. The molecule has 0 aliphatic carbocycles. The van der Waals surface area contributed by atoms with Crippen molar-refractivity contribution in [3.05, 3.63) is 46.5 Å². The van der Waals surface area contributed by atoms with Crippen LogP contribution in [0.5, 0.6) is 5.75 Å². The van der Waals surface area contributed by atoms with Gasteiger partial charge in [0.1, 0.15) is 5.75 Å². The van der Waals surface area contributed by atoms with Crippen molar-refractivity contribution in [3.63, 3.8) is 0 Å². The van der Waals surface area contributed by atoms with Crippen LogP contribution in [0.4, 0.5) is 14.7 Å². The number of H-pyrrole nitrogens is 1. The van der Waals surface area contributed by atoms with E-state index in [9.17, 15) is 18.1 Å². The summed E-state index contributed by atoms with van der Waals surface area (Å²) in [7, 11) is -5.71. The van der Waals surface area contributed by atoms with Gasteiger partial charge in [0.05, 0.1) is 12.9 Å². The highest BCUT2D eigenvalue weighted by molar-refractivity contribution is 7.53. The van der Waals surface area contributed by atoms with Crippen LogP contribution in [0.25, 0.3) is 11.2 Å². The molecular formula is C15H16F2N5O5P. The summed E-state index contributed by atoms with van der Waals surface area (Å²) in [6.45, 7) is 0.904. The van der Waals surface area contributed by atoms with Gasteiger partial charge in [0, 0.05) is 5.56 Å². The highest BCUT2D eigenvalue weighted by Gasteiger charge is 2.55. The molecule has 150 valence electrons. The molecule has 3 rings (SSSR count). The molecule has 0 saturated heterocycles. The summed E-state index contributed by atoms with van der Waals surface area (Å²) >= 11 is 0. The van der Waals surface area contributed by atoms with E-state index in [0.717, 1.165) is 6.92 Å². The van der Waals surface area contributed by atoms with Gasteiger partial charge in [-0.2, -0.15) is 13.8 Å². The molecule has 0 radical (unpaired) electrons. The lowest BCUT2D eigenvalue weighted by Crippen LogP contribution is -2.35. The molecule has 0 bridgehead atoms. The van der Waals surface area contributed by atoms with Crippen LogP contribution in [0, 0.1) is 0 Å². The summed E-state index contributed by atoms with van der Waals surface area (Å²) < 4.78 is 45.4. The summed E-state index contributed by atoms with van der Waals surface area (Å²) in [5, 5.41) is 0. The Morgan fingerprint density at radius 1 is 1.39 bits per heavy atom. The van der Waals surface area contributed by atoms with Crippen LogP contribution in [-0.2, 0) is 11.1 Å². The van der Waals surface area contributed by atoms with E-state index in [1.807, 2.05) is 0 Å². The molecule has 5 N–H and O–H groups in total. The monoisotopic (exact) mass is 415 g/mol. The summed E-state index contributed by atoms with van der Waals surface area (Å²) in [6, 6.07) is 6.10. The number of nitrogens with zero attached hydrogens (tertiary/aromatic N) is 3. The second-order valence-electron chi connectivity index (χ2n) is 6.00. The third-order valence-corrected chi connectivity index (χ3v) is 5.13. The molecule has 0 fully saturated rings. The van der Waals surface area contributed by atoms with Gasteiger partial charge in [0.2, 0.25) is 5.95 Å². The Hall–Kier alpha value is -2.82. The summed E-state index contributed by atoms with van der Waals surface area (Å²) in [5.74, 6) is -0.124. The topological polar surface area (TPSA) is 156 Å². The van der Waals surface area contributed by atoms with E-state index < -0.39 is 24.9 Å². The van der Waals surface area contributed by atoms with Crippen molar-refractivity contribution in [2.24, 2.45) is 0 Å². The Labute approximate surface area is 156 Å². The first kappa shape index (κ1) is 19.9. The Morgan fingerprint density at radius 3 is 2.75 bits per heavy atom. The largest absolute Gasteiger partial charge is 0.483 e. The molecular weight excluding hydrogens is 399 g/mol. The number of hydrogen-bond acceptors (Lipinski definition) is 6. The molecule has 2 aromatic heterocycles. The zero-order valence-corrected chi connectivity index (χ0v) is 15.3. The number of rotatable bonds is 6. The summed E-state index contributed by atoms with van der Waals surface area (Å²) in [5.41, 5.74) is 1.28. The first-order valence-corrected chi connectivity index (χ1v) is 9.50. The summed E-state index contributed by atoms with van der Waals surface area (Å²) in [4.78, 5) is 39.8. The minimum Gasteiger partial charge on any atom is -0.483 e. The maximum absolute atomic E-state index is 13.9. The third-order valence-electron chi connectivity index (χ3n) is 3.99. The zero-order chi connectivity index (χ0) is 20.7. The number of halogens is 2. The number of imidazole rings is 1. The van der Waals surface area contributed by atoms with Gasteiger partial charge in [0.25, 0.3) is 5.56 Å². The molecule has 10 nitrogen and oxygen atoms in total. The molecule has 13 heteroatoms. The third kappa shape index (κ3) is 3.61. The van der Waals surface area contributed by atoms with Crippen molar-refractivity contribution in [2.75, 3.05) is 5.73 Å². The van der Waals surface area contributed by atoms with Crippen LogP contribution in [0.2, 0.25) is 0 Å². The lowest BCUT2D eigenvalue weighted by molar-refractivity contribution is -0.0368. The number of nitrogens with one attached hydrogen (secondary N) is 1. The zero-order valence-electron chi connectivity index (χ0n) is 14.4. The number of nitrogens with two attached hydrogens (primary N) is 1. The molecule has 28 heavy (non-hydrogen) atoms. The van der Waals surface area contributed by atoms with Crippen LogP contribution in [0.15, 0.2) is 35.4 Å². The number of hydrogen-bond donors (Lipinski definition) is 4. The minimum atomic E-state index is -5.71. The van der Waals surface area contributed by atoms with Crippen LogP contribution in [-0.4, -0.2) is 41.1 Å². The second kappa shape index (κ2) is 6.97. The number of benzene rings is 1. The fourth-order valence-corrected chi connectivity index (χ4v) is 3.04. The predicted molar refractivity (Wildman–Crippen MR) is 95.2 cm³/mol. The number of ether oxygens (including phenoxy) is 1. The molecule has 0 saturated carbocycles. The van der Waals surface area contributed by atoms with E-state index in [-0.39, 0.29) is 29.4 Å². The lowest BCUT2D eigenvalue weighted by Gasteiger charge is -2.26. The molecule has 2 heterocycles. The standard InChI is InChI=1S/C15H16F2N5O5P/c1-8(15(16,17)28(24,25)26)27-10-5-3-2-4-9(10)6-22-7-19-11-12(22)20-14(18)21-13(11)23/h2-5,7-8H,6H2,1H3,(H2,24,25,26)(H3,18,20,21,23). The Kier molecular flexibility index (Phi) is 4.96. The maximum atomic E-state index is 13.9. The van der Waals surface area contributed by atoms with Gasteiger partial charge in [-0.25, -0.2) is 4.98 Å². The average molecular weight is 415 g/mol. The Balaban J connectivity index is 1.94. The van der Waals surface area contributed by atoms with Crippen LogP contribution in [0.1, 0.15) is 12.5 Å². The first-order valence-electron chi connectivity index (χ1n) is 7.89. The molecule has 0 aliphatic heterocycles. The molecule has 1 unspecified atom stereocenters. The number of fused-ring (bicyclic) bond motifs is 1. The molecule has 0 aliphatic rings. The van der Waals surface area contributed by atoms with Crippen molar-refractivity contribution in [2.45, 2.75) is 25.2 Å². The van der Waals surface area contributed by atoms with E-state index >= 15 is 0 Å². The van der Waals surface area contributed by atoms with Gasteiger partial charge in [0.15, 0.2) is 17.3 Å². The fraction of sp³-hybridized carbons (Fsp3) is 0.267. The smallest absolute Gasteiger partial charge is 0.398 e. The number of aromatic amines is 1. The van der Waals surface area contributed by atoms with Crippen molar-refractivity contribution < 1.29 is 27.9 Å². The van der Waals surface area contributed by atoms with Crippen LogP contribution < -0.4 is 16.0 Å². The van der Waals surface area contributed by atoms with Gasteiger partial charge in [-0.05, 0) is 13.0 Å². The van der Waals surface area contributed by atoms with E-state index in [1.165, 1.54) is 23.0 Å². The van der Waals surface area contributed by atoms with Crippen molar-refractivity contribution in [1.29, 1.82) is 0 Å². The van der Waals surface area contributed by atoms with Gasteiger partial charge < -0.3 is 24.8 Å². The lowest BCUT2D eigenvalue weighted by atomic mass is 10.2. The number of anilines is 1. The maximum Gasteiger partial charge on any atom is 0.398 e. The number of aromatic nitrogens is 4. The van der Waals surface area contributed by atoms with Crippen molar-refractivity contribution >= 4 is 24.7 Å². The number of para-hydroxylation sites is 1. The normalized spacial score (nSPS) is 13.6. The Morgan fingerprint density at radius 2 is 2.07 bits per heavy atom. The number of nitrogen functional groups attached to an aromatic ring is 1. The predicted octanol–water partition coefficient (Wildman–Crippen LogP) is 1.29. The second-order valence-corrected chi connectivity index (χ2v) is 7.68. The first-order chi connectivity index (χ1) is 13.0. The SMILES string of the molecule is CC(Oc1ccccc1Cn1cnc2c(=O)[nH]c(N)nc21)C(F)(F)P(=O)(O)O. The van der Waals surface area contributed by atoms with E-state index in [2.05, 4.69) is 15.0 Å². The quantitative estimate of drug-likeness (QED) is 0.439. The van der Waals surface area contributed by atoms with E-state index in [0.29, 0.717) is 5.56 Å². The molecule has 1 aromatic carbocycles. The van der Waals surface area contributed by atoms with Gasteiger partial charge in [-0.3, -0.25) is 14.3 Å². The highest BCUT2D eigenvalue weighted by Crippen LogP contribution is 2.55. The Bertz CT molecular complexity index is 1130. The summed E-state index contributed by atoms with van der Waals surface area (Å²) in [6.07, 6.45) is -0.762. The van der Waals surface area contributed by atoms with Crippen molar-refractivity contribution in [3.8, 4) is 5.75 Å². The molecule has 0 spiro atoms.